The van der Waals surface area contributed by atoms with Crippen molar-refractivity contribution < 1.29 is 9.59 Å². The van der Waals surface area contributed by atoms with Crippen LogP contribution in [-0.4, -0.2) is 38.0 Å². The van der Waals surface area contributed by atoms with Gasteiger partial charge in [-0.05, 0) is 25.1 Å². The van der Waals surface area contributed by atoms with Gasteiger partial charge in [0.15, 0.2) is 0 Å². The summed E-state index contributed by atoms with van der Waals surface area (Å²) in [6.45, 7) is 4.64. The van der Waals surface area contributed by atoms with Crippen LogP contribution >= 0.6 is 0 Å². The van der Waals surface area contributed by atoms with E-state index in [9.17, 15) is 9.59 Å². The Kier molecular flexibility index (Phi) is 3.79. The van der Waals surface area contributed by atoms with E-state index >= 15 is 0 Å². The molecule has 0 saturated carbocycles. The van der Waals surface area contributed by atoms with Crippen LogP contribution < -0.4 is 20.9 Å². The molecule has 2 aliphatic rings. The first-order valence-corrected chi connectivity index (χ1v) is 7.39. The Morgan fingerprint density at radius 3 is 3.05 bits per heavy atom. The molecule has 6 nitrogen and oxygen atoms in total. The maximum absolute atomic E-state index is 12.0. The lowest BCUT2D eigenvalue weighted by Crippen LogP contribution is -2.33. The lowest BCUT2D eigenvalue weighted by molar-refractivity contribution is -0.119. The minimum absolute atomic E-state index is 0.0161. The third-order valence-corrected chi connectivity index (χ3v) is 3.90. The summed E-state index contributed by atoms with van der Waals surface area (Å²) in [6.07, 6.45) is 0.926. The normalized spacial score (nSPS) is 21.6. The van der Waals surface area contributed by atoms with Crippen LogP contribution in [0.25, 0.3) is 0 Å². The van der Waals surface area contributed by atoms with Crippen molar-refractivity contribution in [1.82, 2.24) is 10.6 Å². The van der Waals surface area contributed by atoms with E-state index < -0.39 is 0 Å². The zero-order valence-electron chi connectivity index (χ0n) is 12.1. The van der Waals surface area contributed by atoms with Crippen LogP contribution in [0.5, 0.6) is 0 Å². The van der Waals surface area contributed by atoms with E-state index in [4.69, 9.17) is 0 Å². The highest BCUT2D eigenvalue weighted by atomic mass is 16.2. The van der Waals surface area contributed by atoms with E-state index in [0.717, 1.165) is 43.0 Å². The van der Waals surface area contributed by atoms with Gasteiger partial charge in [0.2, 0.25) is 11.8 Å². The molecule has 3 rings (SSSR count). The van der Waals surface area contributed by atoms with Gasteiger partial charge in [0, 0.05) is 30.0 Å². The van der Waals surface area contributed by atoms with Crippen molar-refractivity contribution in [2.75, 3.05) is 36.4 Å². The molecule has 6 heteroatoms. The molecular weight excluding hydrogens is 268 g/mol. The van der Waals surface area contributed by atoms with Gasteiger partial charge in [-0.1, -0.05) is 13.0 Å². The van der Waals surface area contributed by atoms with Gasteiger partial charge >= 0.3 is 0 Å². The number of nitrogens with one attached hydrogen (secondary N) is 3. The highest BCUT2D eigenvalue weighted by Gasteiger charge is 2.30. The maximum atomic E-state index is 12.0. The summed E-state index contributed by atoms with van der Waals surface area (Å²) in [4.78, 5) is 25.7. The van der Waals surface area contributed by atoms with Crippen molar-refractivity contribution in [2.24, 2.45) is 0 Å². The zero-order chi connectivity index (χ0) is 14.8. The number of rotatable bonds is 3. The molecule has 2 heterocycles. The summed E-state index contributed by atoms with van der Waals surface area (Å²) in [5, 5.41) is 8.95. The van der Waals surface area contributed by atoms with Gasteiger partial charge in [-0.15, -0.1) is 0 Å². The fourth-order valence-corrected chi connectivity index (χ4v) is 2.88. The number of benzene rings is 1. The van der Waals surface area contributed by atoms with Gasteiger partial charge in [-0.3, -0.25) is 9.59 Å². The molecule has 1 fully saturated rings. The van der Waals surface area contributed by atoms with E-state index in [0.29, 0.717) is 6.54 Å². The highest BCUT2D eigenvalue weighted by molar-refractivity contribution is 6.03. The maximum Gasteiger partial charge on any atom is 0.246 e. The monoisotopic (exact) mass is 288 g/mol. The molecule has 1 atom stereocenters. The Morgan fingerprint density at radius 1 is 1.38 bits per heavy atom. The molecule has 0 bridgehead atoms. The van der Waals surface area contributed by atoms with Gasteiger partial charge in [0.1, 0.15) is 6.04 Å². The van der Waals surface area contributed by atoms with Crippen molar-refractivity contribution >= 4 is 23.2 Å². The van der Waals surface area contributed by atoms with Crippen LogP contribution in [0.4, 0.5) is 11.4 Å². The molecule has 0 aromatic heterocycles. The van der Waals surface area contributed by atoms with E-state index in [2.05, 4.69) is 20.9 Å². The van der Waals surface area contributed by atoms with Crippen LogP contribution in [0.15, 0.2) is 18.2 Å². The summed E-state index contributed by atoms with van der Waals surface area (Å²) in [5.74, 6) is 0.0279. The number of carbonyl (C=O) groups excluding carboxylic acids is 2. The molecule has 1 unspecified atom stereocenters. The standard InChI is InChI=1S/C15H20N4O2/c1-2-16-14-11-5-4-10(8-12(11)18-15(14)21)19-7-3-6-17-13(20)9-19/h4-5,8,14,16H,2-3,6-7,9H2,1H3,(H,17,20)(H,18,21). The van der Waals surface area contributed by atoms with Crippen molar-refractivity contribution in [2.45, 2.75) is 19.4 Å². The summed E-state index contributed by atoms with van der Waals surface area (Å²) >= 11 is 0. The molecule has 2 amide bonds. The molecule has 1 saturated heterocycles. The van der Waals surface area contributed by atoms with Crippen LogP contribution in [0.2, 0.25) is 0 Å². The third-order valence-electron chi connectivity index (χ3n) is 3.90. The van der Waals surface area contributed by atoms with Crippen LogP contribution in [0, 0.1) is 0 Å². The number of likely N-dealkylation sites (N-methyl/N-ethyl adjacent to an activating group) is 1. The minimum Gasteiger partial charge on any atom is -0.362 e. The topological polar surface area (TPSA) is 73.5 Å². The molecule has 0 spiro atoms. The van der Waals surface area contributed by atoms with Gasteiger partial charge in [0.05, 0.1) is 6.54 Å². The van der Waals surface area contributed by atoms with E-state index in [1.165, 1.54) is 0 Å². The highest BCUT2D eigenvalue weighted by Crippen LogP contribution is 2.34. The Morgan fingerprint density at radius 2 is 2.24 bits per heavy atom. The number of amides is 2. The fraction of sp³-hybridized carbons (Fsp3) is 0.467. The summed E-state index contributed by atoms with van der Waals surface area (Å²) < 4.78 is 0. The molecule has 1 aromatic carbocycles. The first-order valence-electron chi connectivity index (χ1n) is 7.39. The van der Waals surface area contributed by atoms with Crippen molar-refractivity contribution in [3.63, 3.8) is 0 Å². The molecule has 1 aromatic rings. The number of nitrogens with zero attached hydrogens (tertiary/aromatic N) is 1. The molecule has 112 valence electrons. The number of fused-ring (bicyclic) bond motifs is 1. The molecule has 2 aliphatic heterocycles. The van der Waals surface area contributed by atoms with E-state index in [-0.39, 0.29) is 17.9 Å². The number of anilines is 2. The Balaban J connectivity index is 1.85. The van der Waals surface area contributed by atoms with Crippen molar-refractivity contribution in [3.05, 3.63) is 23.8 Å². The third kappa shape index (κ3) is 2.71. The molecule has 0 aliphatic carbocycles. The summed E-state index contributed by atoms with van der Waals surface area (Å²) in [5.41, 5.74) is 2.79. The van der Waals surface area contributed by atoms with Gasteiger partial charge < -0.3 is 20.9 Å². The van der Waals surface area contributed by atoms with E-state index in [1.54, 1.807) is 0 Å². The van der Waals surface area contributed by atoms with Gasteiger partial charge in [-0.2, -0.15) is 0 Å². The van der Waals surface area contributed by atoms with Gasteiger partial charge in [-0.25, -0.2) is 0 Å². The molecular formula is C15H20N4O2. The predicted molar refractivity (Wildman–Crippen MR) is 81.3 cm³/mol. The number of hydrogen-bond donors (Lipinski definition) is 3. The zero-order valence-corrected chi connectivity index (χ0v) is 12.1. The van der Waals surface area contributed by atoms with Crippen LogP contribution in [-0.2, 0) is 9.59 Å². The second kappa shape index (κ2) is 5.73. The van der Waals surface area contributed by atoms with Crippen molar-refractivity contribution in [3.8, 4) is 0 Å². The largest absolute Gasteiger partial charge is 0.362 e. The quantitative estimate of drug-likeness (QED) is 0.762. The van der Waals surface area contributed by atoms with Crippen LogP contribution in [0.1, 0.15) is 24.9 Å². The Bertz CT molecular complexity index is 573. The smallest absolute Gasteiger partial charge is 0.246 e. The minimum atomic E-state index is -0.272. The van der Waals surface area contributed by atoms with Crippen molar-refractivity contribution in [1.29, 1.82) is 0 Å². The second-order valence-electron chi connectivity index (χ2n) is 5.38. The van der Waals surface area contributed by atoms with E-state index in [1.807, 2.05) is 25.1 Å². The molecule has 3 N–H and O–H groups in total. The Labute approximate surface area is 123 Å². The van der Waals surface area contributed by atoms with Gasteiger partial charge in [0.25, 0.3) is 0 Å². The second-order valence-corrected chi connectivity index (χ2v) is 5.38. The SMILES string of the molecule is CCNC1C(=O)Nc2cc(N3CCCNC(=O)C3)ccc21. The predicted octanol–water partition coefficient (Wildman–Crippen LogP) is 0.616. The first kappa shape index (κ1) is 13.9. The van der Waals surface area contributed by atoms with Crippen LogP contribution in [0.3, 0.4) is 0 Å². The summed E-state index contributed by atoms with van der Waals surface area (Å²) in [7, 11) is 0. The molecule has 0 radical (unpaired) electrons. The average molecular weight is 288 g/mol. The lowest BCUT2D eigenvalue weighted by atomic mass is 10.1. The summed E-state index contributed by atoms with van der Waals surface area (Å²) in [6, 6.07) is 5.65. The number of hydrogen-bond acceptors (Lipinski definition) is 4. The molecule has 21 heavy (non-hydrogen) atoms. The Hall–Kier alpha value is -2.08. The number of carbonyl (C=O) groups is 2. The fourth-order valence-electron chi connectivity index (χ4n) is 2.88. The first-order chi connectivity index (χ1) is 10.2. The average Bonchev–Trinajstić information content (AvgIpc) is 2.64. The lowest BCUT2D eigenvalue weighted by Gasteiger charge is -2.22.